The Morgan fingerprint density at radius 3 is 1.46 bits per heavy atom. The van der Waals surface area contributed by atoms with Crippen LogP contribution in [0.15, 0.2) is 73.1 Å². The molecule has 0 spiro atoms. The second kappa shape index (κ2) is 12.8. The lowest BCUT2D eigenvalue weighted by Crippen LogP contribution is -2.39. The summed E-state index contributed by atoms with van der Waals surface area (Å²) in [6, 6.07) is 14.2. The summed E-state index contributed by atoms with van der Waals surface area (Å²) in [6.45, 7) is 18.4. The van der Waals surface area contributed by atoms with E-state index in [0.29, 0.717) is 17.7 Å². The summed E-state index contributed by atoms with van der Waals surface area (Å²) < 4.78 is 5.26. The summed E-state index contributed by atoms with van der Waals surface area (Å²) in [5, 5.41) is 2.27. The molecule has 0 bridgehead atoms. The van der Waals surface area contributed by atoms with Crippen molar-refractivity contribution in [3.05, 3.63) is 84.2 Å². The first-order valence-electron chi connectivity index (χ1n) is 11.4. The van der Waals surface area contributed by atoms with E-state index < -0.39 is 34.4 Å². The fourth-order valence-corrected chi connectivity index (χ4v) is 5.41. The van der Waals surface area contributed by atoms with E-state index >= 15 is 0 Å². The number of hydrogen-bond acceptors (Lipinski definition) is 7. The summed E-state index contributed by atoms with van der Waals surface area (Å²) in [4.78, 5) is 44.7. The van der Waals surface area contributed by atoms with Crippen molar-refractivity contribution < 1.29 is 33.9 Å². The number of carbonyl (C=O) groups is 2. The Morgan fingerprint density at radius 2 is 1.14 bits per heavy atom. The molecule has 0 N–H and O–H groups in total. The van der Waals surface area contributed by atoms with Crippen molar-refractivity contribution in [1.29, 1.82) is 0 Å². The first kappa shape index (κ1) is 28.4. The van der Waals surface area contributed by atoms with Crippen LogP contribution in [0.5, 0.6) is 0 Å². The molecule has 0 fully saturated rings. The van der Waals surface area contributed by atoms with Crippen LogP contribution in [0.2, 0.25) is 26.2 Å². The van der Waals surface area contributed by atoms with Gasteiger partial charge >= 0.3 is 11.9 Å². The highest BCUT2D eigenvalue weighted by atomic mass is 28.3. The third-order valence-electron chi connectivity index (χ3n) is 5.67. The Morgan fingerprint density at radius 1 is 0.771 bits per heavy atom. The lowest BCUT2D eigenvalue weighted by molar-refractivity contribution is -0.426. The molecule has 9 heteroatoms. The maximum absolute atomic E-state index is 12.4. The molecule has 0 saturated carbocycles. The number of carbonyl (C=O) groups excluding carboxylic acids is 2. The highest BCUT2D eigenvalue weighted by molar-refractivity contribution is 6.94. The van der Waals surface area contributed by atoms with E-state index in [1.807, 2.05) is 35.7 Å². The zero-order chi connectivity index (χ0) is 26.1. The first-order chi connectivity index (χ1) is 16.5. The Hall–Kier alpha value is -2.83. The van der Waals surface area contributed by atoms with Crippen LogP contribution in [0.4, 0.5) is 0 Å². The van der Waals surface area contributed by atoms with Gasteiger partial charge in [-0.1, -0.05) is 72.2 Å². The number of hydrogen-bond donors (Lipinski definition) is 0. The van der Waals surface area contributed by atoms with Crippen LogP contribution in [-0.2, 0) is 24.3 Å². The van der Waals surface area contributed by atoms with Gasteiger partial charge in [-0.15, -0.1) is 22.9 Å². The monoisotopic (exact) mass is 514 g/mol. The smallest absolute Gasteiger partial charge is 0.373 e. The molecule has 0 aromatic heterocycles. The second-order valence-corrected chi connectivity index (χ2v) is 17.9. The molecular formula is C26H34O7Si2. The van der Waals surface area contributed by atoms with Crippen LogP contribution >= 0.6 is 0 Å². The van der Waals surface area contributed by atoms with Gasteiger partial charge in [-0.2, -0.15) is 0 Å². The van der Waals surface area contributed by atoms with E-state index in [2.05, 4.69) is 39.3 Å². The van der Waals surface area contributed by atoms with Gasteiger partial charge in [0.25, 0.3) is 6.29 Å². The van der Waals surface area contributed by atoms with Crippen molar-refractivity contribution in [2.45, 2.75) is 39.4 Å². The van der Waals surface area contributed by atoms with E-state index in [9.17, 15) is 9.59 Å². The average Bonchev–Trinajstić information content (AvgIpc) is 2.87. The quantitative estimate of drug-likeness (QED) is 0.171. The summed E-state index contributed by atoms with van der Waals surface area (Å²) >= 11 is 0. The molecule has 7 nitrogen and oxygen atoms in total. The topological polar surface area (TPSA) is 80.3 Å². The van der Waals surface area contributed by atoms with E-state index in [1.165, 1.54) is 0 Å². The van der Waals surface area contributed by atoms with E-state index in [0.717, 1.165) is 10.4 Å². The predicted molar refractivity (Wildman–Crippen MR) is 141 cm³/mol. The van der Waals surface area contributed by atoms with Gasteiger partial charge in [-0.3, -0.25) is 9.78 Å². The largest absolute Gasteiger partial charge is 0.376 e. The van der Waals surface area contributed by atoms with Gasteiger partial charge in [0.1, 0.15) is 22.8 Å². The molecule has 0 saturated heterocycles. The third kappa shape index (κ3) is 8.12. The van der Waals surface area contributed by atoms with Crippen molar-refractivity contribution in [1.82, 2.24) is 0 Å². The van der Waals surface area contributed by atoms with Crippen molar-refractivity contribution in [3.63, 3.8) is 0 Å². The molecule has 0 radical (unpaired) electrons. The van der Waals surface area contributed by atoms with Crippen LogP contribution in [0.1, 0.15) is 27.6 Å². The van der Waals surface area contributed by atoms with Gasteiger partial charge in [0, 0.05) is 6.61 Å². The summed E-state index contributed by atoms with van der Waals surface area (Å²) in [7, 11) is -3.47. The van der Waals surface area contributed by atoms with Gasteiger partial charge in [0.05, 0.1) is 11.1 Å². The molecule has 0 heterocycles. The minimum absolute atomic E-state index is 0.118. The first-order valence-corrected chi connectivity index (χ1v) is 17.5. The number of ether oxygens (including phenoxy) is 1. The van der Waals surface area contributed by atoms with Crippen molar-refractivity contribution in [3.8, 4) is 0 Å². The Labute approximate surface area is 209 Å². The molecular weight excluding hydrogens is 480 g/mol. The minimum Gasteiger partial charge on any atom is -0.376 e. The summed E-state index contributed by atoms with van der Waals surface area (Å²) in [5.74, 6) is -1.42. The lowest BCUT2D eigenvalue weighted by atomic mass is 10.2. The molecule has 188 valence electrons. The third-order valence-corrected chi connectivity index (χ3v) is 11.4. The predicted octanol–water partition coefficient (Wildman–Crippen LogP) is 4.21. The highest BCUT2D eigenvalue weighted by Crippen LogP contribution is 2.11. The van der Waals surface area contributed by atoms with Gasteiger partial charge in [0.15, 0.2) is 0 Å². The zero-order valence-electron chi connectivity index (χ0n) is 21.0. The van der Waals surface area contributed by atoms with Crippen LogP contribution in [0.3, 0.4) is 0 Å². The highest BCUT2D eigenvalue weighted by Gasteiger charge is 2.23. The van der Waals surface area contributed by atoms with Crippen molar-refractivity contribution in [2.75, 3.05) is 13.2 Å². The Balaban J connectivity index is 1.95. The molecule has 0 aliphatic heterocycles. The number of rotatable bonds is 13. The molecule has 35 heavy (non-hydrogen) atoms. The molecule has 0 aliphatic rings. The van der Waals surface area contributed by atoms with E-state index in [-0.39, 0.29) is 6.61 Å². The standard InChI is InChI=1S/C26H34O7Si2/c1-8-29-19-24(30-32-25(27)20-11-15-22(16-12-20)34(4,5)9-2)31-33-26(28)21-13-17-23(18-14-21)35(6,7)10-3/h9-18,24H,2-3,8,19H2,1,4-7H3. The summed E-state index contributed by atoms with van der Waals surface area (Å²) in [5.41, 5.74) is 4.55. The maximum Gasteiger partial charge on any atom is 0.373 e. The van der Waals surface area contributed by atoms with Gasteiger partial charge < -0.3 is 4.74 Å². The van der Waals surface area contributed by atoms with Crippen LogP contribution < -0.4 is 10.4 Å². The fourth-order valence-electron chi connectivity index (χ4n) is 2.88. The van der Waals surface area contributed by atoms with Gasteiger partial charge in [0.2, 0.25) is 0 Å². The van der Waals surface area contributed by atoms with Crippen LogP contribution in [0, 0.1) is 0 Å². The average molecular weight is 515 g/mol. The molecule has 2 aromatic carbocycles. The van der Waals surface area contributed by atoms with Gasteiger partial charge in [-0.25, -0.2) is 9.59 Å². The van der Waals surface area contributed by atoms with E-state index in [4.69, 9.17) is 24.3 Å². The molecule has 0 unspecified atom stereocenters. The van der Waals surface area contributed by atoms with Crippen molar-refractivity contribution >= 4 is 38.5 Å². The minimum atomic E-state index is -1.73. The molecule has 0 aliphatic carbocycles. The molecule has 0 atom stereocenters. The van der Waals surface area contributed by atoms with E-state index in [1.54, 1.807) is 31.2 Å². The maximum atomic E-state index is 12.4. The Bertz CT molecular complexity index is 936. The molecule has 0 amide bonds. The Kier molecular flexibility index (Phi) is 10.4. The molecule has 2 rings (SSSR count). The SMILES string of the molecule is C=C[Si](C)(C)c1ccc(C(=O)OOC(COCC)OOC(=O)c2ccc([Si](C)(C)C=C)cc2)cc1. The van der Waals surface area contributed by atoms with Crippen molar-refractivity contribution in [2.24, 2.45) is 0 Å². The summed E-state index contributed by atoms with van der Waals surface area (Å²) in [6.07, 6.45) is -1.26. The lowest BCUT2D eigenvalue weighted by Gasteiger charge is -2.18. The fraction of sp³-hybridized carbons (Fsp3) is 0.308. The number of benzene rings is 2. The van der Waals surface area contributed by atoms with Crippen LogP contribution in [0.25, 0.3) is 0 Å². The molecule has 2 aromatic rings. The van der Waals surface area contributed by atoms with Crippen LogP contribution in [-0.4, -0.2) is 47.6 Å². The van der Waals surface area contributed by atoms with Gasteiger partial charge in [-0.05, 0) is 31.2 Å². The second-order valence-electron chi connectivity index (χ2n) is 9.03. The normalized spacial score (nSPS) is 11.7. The zero-order valence-corrected chi connectivity index (χ0v) is 23.0.